The number of rotatable bonds is 2. The van der Waals surface area contributed by atoms with Crippen LogP contribution < -0.4 is 0 Å². The summed E-state index contributed by atoms with van der Waals surface area (Å²) in [7, 11) is 1.87. The first-order valence-corrected chi connectivity index (χ1v) is 5.97. The van der Waals surface area contributed by atoms with E-state index >= 15 is 0 Å². The van der Waals surface area contributed by atoms with Crippen molar-refractivity contribution in [1.29, 1.82) is 0 Å². The maximum atomic E-state index is 5.60. The van der Waals surface area contributed by atoms with Gasteiger partial charge in [-0.3, -0.25) is 0 Å². The summed E-state index contributed by atoms with van der Waals surface area (Å²) in [6.45, 7) is 0. The molecule has 0 spiro atoms. The Balaban J connectivity index is 2.49. The van der Waals surface area contributed by atoms with E-state index in [1.165, 1.54) is 38.5 Å². The van der Waals surface area contributed by atoms with Gasteiger partial charge in [0.25, 0.3) is 0 Å². The zero-order valence-electron chi connectivity index (χ0n) is 7.24. The summed E-state index contributed by atoms with van der Waals surface area (Å²) >= 11 is 2.45. The summed E-state index contributed by atoms with van der Waals surface area (Å²) in [6, 6.07) is 0. The molecule has 0 aromatic rings. The maximum Gasteiger partial charge on any atom is 0.0767 e. The van der Waals surface area contributed by atoms with Crippen molar-refractivity contribution in [2.24, 2.45) is 0 Å². The van der Waals surface area contributed by atoms with Crippen molar-refractivity contribution in [3.05, 3.63) is 0 Å². The zero-order chi connectivity index (χ0) is 8.16. The van der Waals surface area contributed by atoms with Crippen LogP contribution in [-0.2, 0) is 4.74 Å². The predicted molar refractivity (Wildman–Crippen MR) is 56.3 cm³/mol. The summed E-state index contributed by atoms with van der Waals surface area (Å²) in [5.74, 6) is 0. The fourth-order valence-corrected chi connectivity index (χ4v) is 2.84. The van der Waals surface area contributed by atoms with E-state index in [0.29, 0.717) is 0 Å². The van der Waals surface area contributed by atoms with Crippen molar-refractivity contribution >= 4 is 22.6 Å². The average Bonchev–Trinajstić information content (AvgIpc) is 2.30. The molecule has 0 aliphatic heterocycles. The molecule has 0 aromatic carbocycles. The molecule has 0 radical (unpaired) electrons. The Morgan fingerprint density at radius 1 is 1.18 bits per heavy atom. The Kier molecular flexibility index (Phi) is 4.13. The van der Waals surface area contributed by atoms with Gasteiger partial charge in [-0.15, -0.1) is 0 Å². The van der Waals surface area contributed by atoms with Crippen molar-refractivity contribution in [3.8, 4) is 0 Å². The lowest BCUT2D eigenvalue weighted by Gasteiger charge is -2.28. The highest BCUT2D eigenvalue weighted by Gasteiger charge is 2.28. The third-order valence-electron chi connectivity index (χ3n) is 2.69. The standard InChI is InChI=1S/C9H17IO/c1-11-9(8-10)6-4-2-3-5-7-9/h2-8H2,1H3. The van der Waals surface area contributed by atoms with Crippen molar-refractivity contribution in [3.63, 3.8) is 0 Å². The number of halogens is 1. The van der Waals surface area contributed by atoms with Crippen LogP contribution in [0.2, 0.25) is 0 Å². The van der Waals surface area contributed by atoms with Crippen molar-refractivity contribution in [2.45, 2.75) is 44.1 Å². The van der Waals surface area contributed by atoms with E-state index in [1.54, 1.807) is 0 Å². The van der Waals surface area contributed by atoms with E-state index in [1.807, 2.05) is 7.11 Å². The minimum Gasteiger partial charge on any atom is -0.377 e. The monoisotopic (exact) mass is 268 g/mol. The van der Waals surface area contributed by atoms with Gasteiger partial charge < -0.3 is 4.74 Å². The molecule has 0 N–H and O–H groups in total. The average molecular weight is 268 g/mol. The molecule has 0 saturated heterocycles. The molecule has 0 heterocycles. The van der Waals surface area contributed by atoms with Crippen molar-refractivity contribution in [2.75, 3.05) is 11.5 Å². The number of hydrogen-bond donors (Lipinski definition) is 0. The quantitative estimate of drug-likeness (QED) is 0.424. The molecule has 0 bridgehead atoms. The molecule has 1 aliphatic rings. The molecule has 1 rings (SSSR count). The second-order valence-corrected chi connectivity index (χ2v) is 4.20. The topological polar surface area (TPSA) is 9.23 Å². The van der Waals surface area contributed by atoms with Crippen LogP contribution in [0, 0.1) is 0 Å². The van der Waals surface area contributed by atoms with E-state index < -0.39 is 0 Å². The molecular weight excluding hydrogens is 251 g/mol. The second-order valence-electron chi connectivity index (χ2n) is 3.43. The predicted octanol–water partition coefficient (Wildman–Crippen LogP) is 3.16. The first kappa shape index (κ1) is 9.78. The molecule has 2 heteroatoms. The molecule has 1 aliphatic carbocycles. The Hall–Kier alpha value is 0.690. The Bertz CT molecular complexity index is 100. The van der Waals surface area contributed by atoms with Gasteiger partial charge in [0.05, 0.1) is 5.60 Å². The van der Waals surface area contributed by atoms with E-state index in [0.717, 1.165) is 4.43 Å². The van der Waals surface area contributed by atoms with Crippen LogP contribution >= 0.6 is 22.6 Å². The highest BCUT2D eigenvalue weighted by molar-refractivity contribution is 14.1. The zero-order valence-corrected chi connectivity index (χ0v) is 9.39. The minimum absolute atomic E-state index is 0.233. The van der Waals surface area contributed by atoms with Gasteiger partial charge in [-0.25, -0.2) is 0 Å². The van der Waals surface area contributed by atoms with Gasteiger partial charge in [-0.2, -0.15) is 0 Å². The fraction of sp³-hybridized carbons (Fsp3) is 1.00. The molecule has 1 saturated carbocycles. The summed E-state index contributed by atoms with van der Waals surface area (Å²) in [5.41, 5.74) is 0.233. The van der Waals surface area contributed by atoms with Crippen LogP contribution in [0.3, 0.4) is 0 Å². The fourth-order valence-electron chi connectivity index (χ4n) is 1.77. The van der Waals surface area contributed by atoms with Gasteiger partial charge >= 0.3 is 0 Å². The maximum absolute atomic E-state index is 5.60. The Morgan fingerprint density at radius 2 is 1.73 bits per heavy atom. The van der Waals surface area contributed by atoms with Crippen LogP contribution in [0.15, 0.2) is 0 Å². The summed E-state index contributed by atoms with van der Waals surface area (Å²) in [6.07, 6.45) is 8.07. The van der Waals surface area contributed by atoms with Crippen LogP contribution in [0.5, 0.6) is 0 Å². The van der Waals surface area contributed by atoms with Gasteiger partial charge in [0.2, 0.25) is 0 Å². The summed E-state index contributed by atoms with van der Waals surface area (Å²) in [4.78, 5) is 0. The molecule has 0 amide bonds. The first-order valence-electron chi connectivity index (χ1n) is 4.44. The molecule has 0 atom stereocenters. The smallest absolute Gasteiger partial charge is 0.0767 e. The first-order chi connectivity index (χ1) is 5.33. The van der Waals surface area contributed by atoms with E-state index in [4.69, 9.17) is 4.74 Å². The SMILES string of the molecule is COC1(CI)CCCCCC1. The number of hydrogen-bond acceptors (Lipinski definition) is 1. The third-order valence-corrected chi connectivity index (χ3v) is 4.08. The number of alkyl halides is 1. The van der Waals surface area contributed by atoms with Gasteiger partial charge in [-0.1, -0.05) is 48.3 Å². The third kappa shape index (κ3) is 2.58. The van der Waals surface area contributed by atoms with Gasteiger partial charge in [0, 0.05) is 11.5 Å². The molecule has 1 nitrogen and oxygen atoms in total. The molecule has 1 fully saturated rings. The Morgan fingerprint density at radius 3 is 2.09 bits per heavy atom. The van der Waals surface area contributed by atoms with Crippen molar-refractivity contribution < 1.29 is 4.74 Å². The van der Waals surface area contributed by atoms with E-state index in [2.05, 4.69) is 22.6 Å². The highest BCUT2D eigenvalue weighted by atomic mass is 127. The van der Waals surface area contributed by atoms with Gasteiger partial charge in [0.15, 0.2) is 0 Å². The highest BCUT2D eigenvalue weighted by Crippen LogP contribution is 2.31. The van der Waals surface area contributed by atoms with Crippen LogP contribution in [-0.4, -0.2) is 17.1 Å². The molecule has 0 aromatic heterocycles. The van der Waals surface area contributed by atoms with Crippen molar-refractivity contribution in [1.82, 2.24) is 0 Å². The molecular formula is C9H17IO. The normalized spacial score (nSPS) is 24.5. The van der Waals surface area contributed by atoms with Gasteiger partial charge in [0.1, 0.15) is 0 Å². The van der Waals surface area contributed by atoms with Crippen LogP contribution in [0.25, 0.3) is 0 Å². The summed E-state index contributed by atoms with van der Waals surface area (Å²) < 4.78 is 6.75. The lowest BCUT2D eigenvalue weighted by atomic mass is 9.97. The lowest BCUT2D eigenvalue weighted by molar-refractivity contribution is 0.000568. The second kappa shape index (κ2) is 4.65. The molecule has 0 unspecified atom stereocenters. The number of ether oxygens (including phenoxy) is 1. The van der Waals surface area contributed by atoms with E-state index in [9.17, 15) is 0 Å². The summed E-state index contributed by atoms with van der Waals surface area (Å²) in [5, 5.41) is 0. The largest absolute Gasteiger partial charge is 0.377 e. The minimum atomic E-state index is 0.233. The lowest BCUT2D eigenvalue weighted by Crippen LogP contribution is -2.32. The Labute approximate surface area is 83.0 Å². The van der Waals surface area contributed by atoms with Crippen LogP contribution in [0.4, 0.5) is 0 Å². The van der Waals surface area contributed by atoms with E-state index in [-0.39, 0.29) is 5.60 Å². The number of methoxy groups -OCH3 is 1. The van der Waals surface area contributed by atoms with Gasteiger partial charge in [-0.05, 0) is 12.8 Å². The van der Waals surface area contributed by atoms with Crippen LogP contribution in [0.1, 0.15) is 38.5 Å². The molecule has 66 valence electrons. The molecule has 11 heavy (non-hydrogen) atoms.